The highest BCUT2D eigenvalue weighted by atomic mass is 32.1. The molecule has 0 fully saturated rings. The normalized spacial score (nSPS) is 10.4. The fraction of sp³-hybridized carbons (Fsp3) is 0.0714. The van der Waals surface area contributed by atoms with E-state index < -0.39 is 0 Å². The number of carbonyl (C=O) groups is 1. The Balaban J connectivity index is 1.75. The second-order valence-corrected chi connectivity index (χ2v) is 5.15. The summed E-state index contributed by atoms with van der Waals surface area (Å²) >= 11 is 1.42. The molecule has 2 N–H and O–H groups in total. The van der Waals surface area contributed by atoms with Gasteiger partial charge in [-0.15, -0.1) is 11.3 Å². The number of aryl methyl sites for hydroxylation is 1. The van der Waals surface area contributed by atoms with Gasteiger partial charge >= 0.3 is 0 Å². The summed E-state index contributed by atoms with van der Waals surface area (Å²) in [4.78, 5) is 16.3. The molecular weight excluding hydrogens is 272 g/mol. The van der Waals surface area contributed by atoms with E-state index in [-0.39, 0.29) is 5.91 Å². The van der Waals surface area contributed by atoms with Crippen LogP contribution < -0.4 is 5.32 Å². The first-order valence-electron chi connectivity index (χ1n) is 6.06. The van der Waals surface area contributed by atoms with Gasteiger partial charge in [-0.05, 0) is 30.7 Å². The van der Waals surface area contributed by atoms with Crippen LogP contribution in [0.4, 0.5) is 5.13 Å². The molecule has 20 heavy (non-hydrogen) atoms. The maximum atomic E-state index is 12.1. The van der Waals surface area contributed by atoms with E-state index in [1.807, 2.05) is 30.5 Å². The van der Waals surface area contributed by atoms with Gasteiger partial charge in [0.2, 0.25) is 0 Å². The summed E-state index contributed by atoms with van der Waals surface area (Å²) in [7, 11) is 0. The molecule has 100 valence electrons. The van der Waals surface area contributed by atoms with Crippen molar-refractivity contribution in [3.05, 3.63) is 53.2 Å². The molecule has 0 saturated heterocycles. The van der Waals surface area contributed by atoms with Gasteiger partial charge in [0.1, 0.15) is 0 Å². The molecule has 2 heterocycles. The number of hydrogen-bond acceptors (Lipinski definition) is 4. The van der Waals surface area contributed by atoms with Crippen LogP contribution in [0.25, 0.3) is 11.3 Å². The van der Waals surface area contributed by atoms with Crippen LogP contribution >= 0.6 is 11.3 Å². The number of carbonyl (C=O) groups excluding carboxylic acids is 1. The summed E-state index contributed by atoms with van der Waals surface area (Å²) in [5, 5.41) is 12.1. The summed E-state index contributed by atoms with van der Waals surface area (Å²) < 4.78 is 0. The second-order valence-electron chi connectivity index (χ2n) is 4.30. The number of hydrogen-bond donors (Lipinski definition) is 2. The summed E-state index contributed by atoms with van der Waals surface area (Å²) in [6, 6.07) is 9.22. The van der Waals surface area contributed by atoms with Gasteiger partial charge in [0, 0.05) is 17.1 Å². The predicted molar refractivity (Wildman–Crippen MR) is 78.8 cm³/mol. The third kappa shape index (κ3) is 2.60. The number of H-pyrrole nitrogens is 1. The maximum Gasteiger partial charge on any atom is 0.257 e. The van der Waals surface area contributed by atoms with Crippen molar-refractivity contribution < 1.29 is 4.79 Å². The number of benzene rings is 1. The molecule has 0 aliphatic heterocycles. The lowest BCUT2D eigenvalue weighted by Gasteiger charge is -2.03. The van der Waals surface area contributed by atoms with E-state index >= 15 is 0 Å². The van der Waals surface area contributed by atoms with Crippen molar-refractivity contribution in [1.29, 1.82) is 0 Å². The largest absolute Gasteiger partial charge is 0.298 e. The summed E-state index contributed by atoms with van der Waals surface area (Å²) in [5.74, 6) is -0.157. The first-order chi connectivity index (χ1) is 9.72. The highest BCUT2D eigenvalue weighted by Crippen LogP contribution is 2.18. The van der Waals surface area contributed by atoms with Gasteiger partial charge in [0.25, 0.3) is 5.91 Å². The standard InChI is InChI=1S/C14H12N4OS/c1-9-8-20-14(16-9)17-13(19)11-4-2-10(3-5-11)12-6-7-15-18-12/h2-8H,1H3,(H,15,18)(H,16,17,19). The van der Waals surface area contributed by atoms with Gasteiger partial charge in [-0.3, -0.25) is 15.2 Å². The summed E-state index contributed by atoms with van der Waals surface area (Å²) in [6.07, 6.45) is 1.70. The van der Waals surface area contributed by atoms with Gasteiger partial charge in [-0.1, -0.05) is 12.1 Å². The van der Waals surface area contributed by atoms with Crippen molar-refractivity contribution in [2.45, 2.75) is 6.92 Å². The van der Waals surface area contributed by atoms with Gasteiger partial charge in [-0.25, -0.2) is 4.98 Å². The number of aromatic nitrogens is 3. The smallest absolute Gasteiger partial charge is 0.257 e. The number of nitrogens with one attached hydrogen (secondary N) is 2. The topological polar surface area (TPSA) is 70.7 Å². The van der Waals surface area contributed by atoms with Crippen LogP contribution in [0.2, 0.25) is 0 Å². The van der Waals surface area contributed by atoms with Crippen molar-refractivity contribution in [3.63, 3.8) is 0 Å². The minimum Gasteiger partial charge on any atom is -0.298 e. The molecule has 0 aliphatic rings. The van der Waals surface area contributed by atoms with Gasteiger partial charge in [0.15, 0.2) is 5.13 Å². The van der Waals surface area contributed by atoms with Crippen LogP contribution in [0.15, 0.2) is 41.9 Å². The average molecular weight is 284 g/mol. The average Bonchev–Trinajstić information content (AvgIpc) is 3.11. The van der Waals surface area contributed by atoms with Crippen molar-refractivity contribution in [1.82, 2.24) is 15.2 Å². The first kappa shape index (κ1) is 12.6. The second kappa shape index (κ2) is 5.26. The number of thiazole rings is 1. The van der Waals surface area contributed by atoms with Gasteiger partial charge in [-0.2, -0.15) is 5.10 Å². The highest BCUT2D eigenvalue weighted by Gasteiger charge is 2.08. The molecule has 2 aromatic heterocycles. The number of anilines is 1. The van der Waals surface area contributed by atoms with Crippen molar-refractivity contribution in [2.24, 2.45) is 0 Å². The Bertz CT molecular complexity index is 716. The molecule has 3 aromatic rings. The molecule has 3 rings (SSSR count). The maximum absolute atomic E-state index is 12.1. The third-order valence-corrected chi connectivity index (χ3v) is 3.67. The van der Waals surface area contributed by atoms with E-state index in [1.54, 1.807) is 18.3 Å². The van der Waals surface area contributed by atoms with E-state index in [2.05, 4.69) is 20.5 Å². The lowest BCUT2D eigenvalue weighted by Crippen LogP contribution is -2.11. The van der Waals surface area contributed by atoms with E-state index in [4.69, 9.17) is 0 Å². The molecule has 1 amide bonds. The lowest BCUT2D eigenvalue weighted by molar-refractivity contribution is 0.102. The Morgan fingerprint density at radius 2 is 2.05 bits per heavy atom. The molecular formula is C14H12N4OS. The molecule has 0 saturated carbocycles. The Morgan fingerprint density at radius 1 is 1.25 bits per heavy atom. The Labute approximate surface area is 119 Å². The molecule has 0 bridgehead atoms. The van der Waals surface area contributed by atoms with Crippen LogP contribution in [-0.2, 0) is 0 Å². The van der Waals surface area contributed by atoms with E-state index in [9.17, 15) is 4.79 Å². The Kier molecular flexibility index (Phi) is 3.30. The van der Waals surface area contributed by atoms with Crippen LogP contribution in [0.1, 0.15) is 16.1 Å². The quantitative estimate of drug-likeness (QED) is 0.776. The number of aromatic amines is 1. The predicted octanol–water partition coefficient (Wildman–Crippen LogP) is 3.09. The van der Waals surface area contributed by atoms with Crippen LogP contribution in [0.3, 0.4) is 0 Å². The highest BCUT2D eigenvalue weighted by molar-refractivity contribution is 7.13. The first-order valence-corrected chi connectivity index (χ1v) is 6.93. The summed E-state index contributed by atoms with van der Waals surface area (Å²) in [6.45, 7) is 1.89. The van der Waals surface area contributed by atoms with Gasteiger partial charge < -0.3 is 0 Å². The number of nitrogens with zero attached hydrogens (tertiary/aromatic N) is 2. The minimum absolute atomic E-state index is 0.157. The lowest BCUT2D eigenvalue weighted by atomic mass is 10.1. The van der Waals surface area contributed by atoms with Crippen LogP contribution in [0.5, 0.6) is 0 Å². The van der Waals surface area contributed by atoms with E-state index in [0.717, 1.165) is 17.0 Å². The summed E-state index contributed by atoms with van der Waals surface area (Å²) in [5.41, 5.74) is 3.41. The SMILES string of the molecule is Cc1csc(NC(=O)c2ccc(-c3ccn[nH]3)cc2)n1. The third-order valence-electron chi connectivity index (χ3n) is 2.80. The molecule has 0 aliphatic carbocycles. The van der Waals surface area contributed by atoms with Crippen molar-refractivity contribution in [3.8, 4) is 11.3 Å². The molecule has 1 aromatic carbocycles. The molecule has 6 heteroatoms. The number of rotatable bonds is 3. The molecule has 0 unspecified atom stereocenters. The zero-order valence-corrected chi connectivity index (χ0v) is 11.6. The molecule has 0 spiro atoms. The molecule has 0 atom stereocenters. The van der Waals surface area contributed by atoms with E-state index in [1.165, 1.54) is 11.3 Å². The van der Waals surface area contributed by atoms with Crippen molar-refractivity contribution in [2.75, 3.05) is 5.32 Å². The fourth-order valence-corrected chi connectivity index (χ4v) is 2.48. The fourth-order valence-electron chi connectivity index (χ4n) is 1.80. The Morgan fingerprint density at radius 3 is 2.65 bits per heavy atom. The van der Waals surface area contributed by atoms with Crippen molar-refractivity contribution >= 4 is 22.4 Å². The Hall–Kier alpha value is -2.47. The van der Waals surface area contributed by atoms with E-state index in [0.29, 0.717) is 10.7 Å². The van der Waals surface area contributed by atoms with Gasteiger partial charge in [0.05, 0.1) is 11.4 Å². The zero-order valence-electron chi connectivity index (χ0n) is 10.8. The van der Waals surface area contributed by atoms with Crippen LogP contribution in [0, 0.1) is 6.92 Å². The number of amides is 1. The molecule has 5 nitrogen and oxygen atoms in total. The van der Waals surface area contributed by atoms with Crippen LogP contribution in [-0.4, -0.2) is 21.1 Å². The monoisotopic (exact) mass is 284 g/mol. The molecule has 0 radical (unpaired) electrons. The minimum atomic E-state index is -0.157. The zero-order chi connectivity index (χ0) is 13.9.